The number of rotatable bonds is 5. The molecule has 0 bridgehead atoms. The van der Waals surface area contributed by atoms with E-state index in [1.807, 2.05) is 18.2 Å². The molecular weight excluding hydrogens is 338 g/mol. The zero-order valence-corrected chi connectivity index (χ0v) is 14.5. The summed E-state index contributed by atoms with van der Waals surface area (Å²) in [5.74, 6) is 1.13. The van der Waals surface area contributed by atoms with Crippen LogP contribution in [0, 0.1) is 0 Å². The summed E-state index contributed by atoms with van der Waals surface area (Å²) in [4.78, 5) is 4.58. The highest BCUT2D eigenvalue weighted by Gasteiger charge is 2.50. The minimum atomic E-state index is -3.29. The molecule has 1 N–H and O–H groups in total. The first-order chi connectivity index (χ1) is 12.0. The summed E-state index contributed by atoms with van der Waals surface area (Å²) in [6, 6.07) is 17.1. The zero-order valence-electron chi connectivity index (χ0n) is 13.6. The summed E-state index contributed by atoms with van der Waals surface area (Å²) < 4.78 is 30.5. The number of aromatic nitrogens is 2. The highest BCUT2D eigenvalue weighted by molar-refractivity contribution is 7.92. The van der Waals surface area contributed by atoms with Crippen LogP contribution in [0.1, 0.15) is 24.3 Å². The van der Waals surface area contributed by atoms with Gasteiger partial charge in [-0.05, 0) is 42.7 Å². The lowest BCUT2D eigenvalue weighted by molar-refractivity contribution is 0.360. The minimum absolute atomic E-state index is 0.162. The van der Waals surface area contributed by atoms with E-state index in [0.29, 0.717) is 17.4 Å². The Hall–Kier alpha value is -2.67. The van der Waals surface area contributed by atoms with Gasteiger partial charge in [0.1, 0.15) is 0 Å². The molecule has 1 heterocycles. The van der Waals surface area contributed by atoms with Crippen LogP contribution in [0.4, 0.5) is 5.69 Å². The Morgan fingerprint density at radius 3 is 2.32 bits per heavy atom. The van der Waals surface area contributed by atoms with Crippen molar-refractivity contribution in [2.45, 2.75) is 18.3 Å². The van der Waals surface area contributed by atoms with Gasteiger partial charge in [-0.2, -0.15) is 4.98 Å². The van der Waals surface area contributed by atoms with Gasteiger partial charge in [0.05, 0.1) is 11.7 Å². The normalized spacial score (nSPS) is 15.7. The maximum atomic E-state index is 11.3. The maximum absolute atomic E-state index is 11.3. The van der Waals surface area contributed by atoms with Gasteiger partial charge in [-0.25, -0.2) is 8.42 Å². The molecule has 1 aliphatic rings. The molecule has 6 nitrogen and oxygen atoms in total. The number of benzene rings is 2. The Morgan fingerprint density at radius 1 is 1.04 bits per heavy atom. The van der Waals surface area contributed by atoms with Gasteiger partial charge >= 0.3 is 0 Å². The molecule has 1 aliphatic carbocycles. The van der Waals surface area contributed by atoms with E-state index in [0.717, 1.165) is 24.7 Å². The largest absolute Gasteiger partial charge is 0.338 e. The topological polar surface area (TPSA) is 85.1 Å². The van der Waals surface area contributed by atoms with Crippen LogP contribution in [-0.2, 0) is 15.4 Å². The van der Waals surface area contributed by atoms with E-state index in [9.17, 15) is 8.42 Å². The van der Waals surface area contributed by atoms with Gasteiger partial charge in [0.25, 0.3) is 0 Å². The Morgan fingerprint density at radius 2 is 1.72 bits per heavy atom. The Kier molecular flexibility index (Phi) is 3.61. The predicted octanol–water partition coefficient (Wildman–Crippen LogP) is 3.19. The molecular formula is C18H17N3O3S. The molecule has 4 rings (SSSR count). The van der Waals surface area contributed by atoms with Crippen molar-refractivity contribution in [3.05, 3.63) is 66.1 Å². The fourth-order valence-electron chi connectivity index (χ4n) is 2.94. The number of sulfonamides is 1. The van der Waals surface area contributed by atoms with E-state index in [1.165, 1.54) is 5.56 Å². The minimum Gasteiger partial charge on any atom is -0.338 e. The summed E-state index contributed by atoms with van der Waals surface area (Å²) >= 11 is 0. The average molecular weight is 355 g/mol. The lowest BCUT2D eigenvalue weighted by Crippen LogP contribution is -2.09. The van der Waals surface area contributed by atoms with Crippen molar-refractivity contribution in [1.29, 1.82) is 0 Å². The second-order valence-electron chi connectivity index (χ2n) is 6.32. The fraction of sp³-hybridized carbons (Fsp3) is 0.222. The number of anilines is 1. The molecule has 0 saturated heterocycles. The standard InChI is InChI=1S/C18H17N3O3S/c1-25(22,23)21-15-9-7-13(8-10-15)16-19-17(24-20-16)18(11-12-18)14-5-3-2-4-6-14/h2-10,21H,11-12H2,1H3. The lowest BCUT2D eigenvalue weighted by atomic mass is 9.96. The summed E-state index contributed by atoms with van der Waals surface area (Å²) in [6.07, 6.45) is 3.11. The SMILES string of the molecule is CS(=O)(=O)Nc1ccc(-c2noc(C3(c4ccccc4)CC3)n2)cc1. The van der Waals surface area contributed by atoms with Crippen LogP contribution < -0.4 is 4.72 Å². The predicted molar refractivity (Wildman–Crippen MR) is 94.7 cm³/mol. The second kappa shape index (κ2) is 5.70. The van der Waals surface area contributed by atoms with Gasteiger partial charge in [0, 0.05) is 11.3 Å². The molecule has 1 aromatic heterocycles. The van der Waals surface area contributed by atoms with Crippen LogP contribution in [0.3, 0.4) is 0 Å². The molecule has 3 aromatic rings. The average Bonchev–Trinajstić information content (AvgIpc) is 3.25. The Balaban J connectivity index is 1.60. The summed E-state index contributed by atoms with van der Waals surface area (Å²) in [7, 11) is -3.29. The van der Waals surface area contributed by atoms with E-state index in [-0.39, 0.29) is 5.41 Å². The van der Waals surface area contributed by atoms with Gasteiger partial charge < -0.3 is 4.52 Å². The van der Waals surface area contributed by atoms with Gasteiger partial charge in [0.15, 0.2) is 0 Å². The van der Waals surface area contributed by atoms with Gasteiger partial charge in [-0.3, -0.25) is 4.72 Å². The molecule has 25 heavy (non-hydrogen) atoms. The highest BCUT2D eigenvalue weighted by atomic mass is 32.2. The molecule has 0 radical (unpaired) electrons. The Labute approximate surface area is 145 Å². The molecule has 0 unspecified atom stereocenters. The molecule has 7 heteroatoms. The van der Waals surface area contributed by atoms with E-state index in [2.05, 4.69) is 27.0 Å². The van der Waals surface area contributed by atoms with Crippen LogP contribution >= 0.6 is 0 Å². The highest BCUT2D eigenvalue weighted by Crippen LogP contribution is 2.52. The molecule has 0 amide bonds. The smallest absolute Gasteiger partial charge is 0.237 e. The zero-order chi connectivity index (χ0) is 17.5. The third-order valence-corrected chi connectivity index (χ3v) is 4.96. The molecule has 128 valence electrons. The van der Waals surface area contributed by atoms with Crippen molar-refractivity contribution in [3.8, 4) is 11.4 Å². The van der Waals surface area contributed by atoms with Crippen molar-refractivity contribution in [1.82, 2.24) is 10.1 Å². The van der Waals surface area contributed by atoms with Crippen molar-refractivity contribution in [2.24, 2.45) is 0 Å². The van der Waals surface area contributed by atoms with Gasteiger partial charge in [0.2, 0.25) is 21.7 Å². The van der Waals surface area contributed by atoms with Crippen LogP contribution in [0.15, 0.2) is 59.1 Å². The van der Waals surface area contributed by atoms with Crippen molar-refractivity contribution < 1.29 is 12.9 Å². The first kappa shape index (κ1) is 15.8. The van der Waals surface area contributed by atoms with E-state index in [4.69, 9.17) is 4.52 Å². The summed E-state index contributed by atoms with van der Waals surface area (Å²) in [6.45, 7) is 0. The third kappa shape index (κ3) is 3.15. The fourth-order valence-corrected chi connectivity index (χ4v) is 3.51. The van der Waals surface area contributed by atoms with Gasteiger partial charge in [-0.15, -0.1) is 0 Å². The number of nitrogens with zero attached hydrogens (tertiary/aromatic N) is 2. The molecule has 0 spiro atoms. The van der Waals surface area contributed by atoms with Crippen molar-refractivity contribution >= 4 is 15.7 Å². The summed E-state index contributed by atoms with van der Waals surface area (Å²) in [5.41, 5.74) is 2.30. The molecule has 1 saturated carbocycles. The van der Waals surface area contributed by atoms with E-state index in [1.54, 1.807) is 24.3 Å². The number of nitrogens with one attached hydrogen (secondary N) is 1. The Bertz CT molecular complexity index is 992. The molecule has 1 fully saturated rings. The van der Waals surface area contributed by atoms with E-state index < -0.39 is 10.0 Å². The lowest BCUT2D eigenvalue weighted by Gasteiger charge is -2.09. The third-order valence-electron chi connectivity index (χ3n) is 4.36. The summed E-state index contributed by atoms with van der Waals surface area (Å²) in [5, 5.41) is 4.10. The molecule has 0 atom stereocenters. The molecule has 0 aliphatic heterocycles. The molecule has 2 aromatic carbocycles. The van der Waals surface area contributed by atoms with Crippen LogP contribution in [0.25, 0.3) is 11.4 Å². The van der Waals surface area contributed by atoms with Crippen molar-refractivity contribution in [2.75, 3.05) is 11.0 Å². The van der Waals surface area contributed by atoms with Crippen LogP contribution in [-0.4, -0.2) is 24.8 Å². The first-order valence-corrected chi connectivity index (χ1v) is 9.83. The monoisotopic (exact) mass is 355 g/mol. The van der Waals surface area contributed by atoms with Gasteiger partial charge in [-0.1, -0.05) is 35.5 Å². The van der Waals surface area contributed by atoms with Crippen molar-refractivity contribution in [3.63, 3.8) is 0 Å². The van der Waals surface area contributed by atoms with Crippen LogP contribution in [0.2, 0.25) is 0 Å². The van der Waals surface area contributed by atoms with Crippen LogP contribution in [0.5, 0.6) is 0 Å². The quantitative estimate of drug-likeness (QED) is 0.760. The first-order valence-electron chi connectivity index (χ1n) is 7.94. The number of hydrogen-bond donors (Lipinski definition) is 1. The maximum Gasteiger partial charge on any atom is 0.237 e. The second-order valence-corrected chi connectivity index (χ2v) is 8.07. The van der Waals surface area contributed by atoms with E-state index >= 15 is 0 Å². The number of hydrogen-bond acceptors (Lipinski definition) is 5.